The van der Waals surface area contributed by atoms with Gasteiger partial charge in [0.2, 0.25) is 0 Å². The summed E-state index contributed by atoms with van der Waals surface area (Å²) in [6, 6.07) is 9.42. The second kappa shape index (κ2) is 3.77. The molecule has 1 nitrogen and oxygen atoms in total. The van der Waals surface area contributed by atoms with Gasteiger partial charge >= 0.3 is 0 Å². The second-order valence-electron chi connectivity index (χ2n) is 7.40. The molecular weight excluding hydrogens is 254 g/mol. The molecule has 1 aromatic rings. The average molecular weight is 276 g/mol. The van der Waals surface area contributed by atoms with Crippen molar-refractivity contribution < 1.29 is 0 Å². The van der Waals surface area contributed by atoms with Crippen molar-refractivity contribution in [2.45, 2.75) is 43.6 Å². The maximum atomic E-state index is 6.65. The smallest absolute Gasteiger partial charge is 0.0337 e. The Hall–Kier alpha value is -0.530. The molecule has 5 aliphatic rings. The molecule has 4 atom stereocenters. The third kappa shape index (κ3) is 1.31. The van der Waals surface area contributed by atoms with Crippen LogP contribution in [0.25, 0.3) is 0 Å². The quantitative estimate of drug-likeness (QED) is 0.765. The largest absolute Gasteiger partial charge is 0.324 e. The van der Waals surface area contributed by atoms with Crippen molar-refractivity contribution in [2.75, 3.05) is 0 Å². The SMILES string of the molecule is Cl.N[C@H]1c2ccccc2C23CC4CC(CC(C4)[C@H]12)C3. The highest BCUT2D eigenvalue weighted by molar-refractivity contribution is 5.85. The van der Waals surface area contributed by atoms with E-state index in [1.165, 1.54) is 37.7 Å². The van der Waals surface area contributed by atoms with Crippen LogP contribution in [0.2, 0.25) is 0 Å². The Morgan fingerprint density at radius 2 is 1.68 bits per heavy atom. The van der Waals surface area contributed by atoms with Crippen molar-refractivity contribution in [3.05, 3.63) is 35.4 Å². The fourth-order valence-electron chi connectivity index (χ4n) is 6.55. The Morgan fingerprint density at radius 1 is 1.00 bits per heavy atom. The molecule has 6 rings (SSSR count). The standard InChI is InChI=1S/C17H21N.ClH/c18-16-13-3-1-2-4-14(13)17-8-10-5-11(9-17)7-12(6-10)15(16)17;/h1-4,10-12,15-16H,5-9,18H2;1H/t10?,11?,12?,15-,16+,17?;/m1./s1. The van der Waals surface area contributed by atoms with Gasteiger partial charge in [-0.15, -0.1) is 12.4 Å². The van der Waals surface area contributed by atoms with E-state index in [-0.39, 0.29) is 12.4 Å². The van der Waals surface area contributed by atoms with E-state index in [9.17, 15) is 0 Å². The zero-order valence-corrected chi connectivity index (χ0v) is 12.0. The number of rotatable bonds is 0. The van der Waals surface area contributed by atoms with E-state index in [0.717, 1.165) is 23.7 Å². The van der Waals surface area contributed by atoms with Crippen LogP contribution in [0.3, 0.4) is 0 Å². The van der Waals surface area contributed by atoms with Crippen LogP contribution in [0, 0.1) is 23.7 Å². The van der Waals surface area contributed by atoms with Crippen LogP contribution in [-0.2, 0) is 5.41 Å². The van der Waals surface area contributed by atoms with Gasteiger partial charge in [0, 0.05) is 11.5 Å². The number of fused-ring (bicyclic) bond motifs is 1. The lowest BCUT2D eigenvalue weighted by Crippen LogP contribution is -2.54. The summed E-state index contributed by atoms with van der Waals surface area (Å²) in [7, 11) is 0. The zero-order chi connectivity index (χ0) is 11.9. The monoisotopic (exact) mass is 275 g/mol. The van der Waals surface area contributed by atoms with Gasteiger partial charge in [-0.25, -0.2) is 0 Å². The lowest BCUT2D eigenvalue weighted by molar-refractivity contribution is -0.0606. The highest BCUT2D eigenvalue weighted by atomic mass is 35.5. The Morgan fingerprint density at radius 3 is 2.42 bits per heavy atom. The summed E-state index contributed by atoms with van der Waals surface area (Å²) >= 11 is 0. The second-order valence-corrected chi connectivity index (χ2v) is 7.40. The minimum absolute atomic E-state index is 0. The summed E-state index contributed by atoms with van der Waals surface area (Å²) in [6.07, 6.45) is 7.35. The zero-order valence-electron chi connectivity index (χ0n) is 11.2. The molecule has 0 amide bonds. The maximum absolute atomic E-state index is 6.65. The molecule has 2 N–H and O–H groups in total. The molecule has 2 unspecified atom stereocenters. The van der Waals surface area contributed by atoms with Crippen LogP contribution < -0.4 is 5.73 Å². The van der Waals surface area contributed by atoms with Crippen molar-refractivity contribution in [2.24, 2.45) is 29.4 Å². The molecule has 102 valence electrons. The molecule has 1 spiro atoms. The van der Waals surface area contributed by atoms with E-state index < -0.39 is 0 Å². The molecule has 5 aliphatic carbocycles. The fourth-order valence-corrected chi connectivity index (χ4v) is 6.55. The van der Waals surface area contributed by atoms with E-state index in [1.54, 1.807) is 5.56 Å². The molecule has 4 fully saturated rings. The summed E-state index contributed by atoms with van der Waals surface area (Å²) in [5, 5.41) is 0. The van der Waals surface area contributed by atoms with E-state index in [1.807, 2.05) is 0 Å². The fraction of sp³-hybridized carbons (Fsp3) is 0.647. The van der Waals surface area contributed by atoms with Crippen LogP contribution in [-0.4, -0.2) is 0 Å². The Labute approximate surface area is 121 Å². The highest BCUT2D eigenvalue weighted by Crippen LogP contribution is 2.69. The first-order valence-electron chi connectivity index (χ1n) is 7.63. The predicted octanol–water partition coefficient (Wildman–Crippen LogP) is 3.82. The molecular formula is C17H22ClN. The normalized spacial score (nSPS) is 48.6. The summed E-state index contributed by atoms with van der Waals surface area (Å²) < 4.78 is 0. The van der Waals surface area contributed by atoms with E-state index in [2.05, 4.69) is 24.3 Å². The molecule has 2 heteroatoms. The van der Waals surface area contributed by atoms with E-state index >= 15 is 0 Å². The van der Waals surface area contributed by atoms with Crippen LogP contribution in [0.5, 0.6) is 0 Å². The van der Waals surface area contributed by atoms with Gasteiger partial charge in [0.25, 0.3) is 0 Å². The number of hydrogen-bond donors (Lipinski definition) is 1. The first kappa shape index (κ1) is 12.2. The molecule has 0 radical (unpaired) electrons. The molecule has 19 heavy (non-hydrogen) atoms. The van der Waals surface area contributed by atoms with Gasteiger partial charge in [0.15, 0.2) is 0 Å². The number of halogens is 1. The topological polar surface area (TPSA) is 26.0 Å². The Kier molecular flexibility index (Phi) is 2.42. The highest BCUT2D eigenvalue weighted by Gasteiger charge is 2.62. The summed E-state index contributed by atoms with van der Waals surface area (Å²) in [6.45, 7) is 0. The number of nitrogens with two attached hydrogens (primary N) is 1. The van der Waals surface area contributed by atoms with Crippen molar-refractivity contribution in [3.8, 4) is 0 Å². The molecule has 0 aliphatic heterocycles. The molecule has 4 saturated carbocycles. The van der Waals surface area contributed by atoms with Gasteiger partial charge in [-0.3, -0.25) is 0 Å². The lowest BCUT2D eigenvalue weighted by atomic mass is 9.45. The minimum Gasteiger partial charge on any atom is -0.324 e. The van der Waals surface area contributed by atoms with Gasteiger partial charge in [-0.1, -0.05) is 24.3 Å². The van der Waals surface area contributed by atoms with Crippen molar-refractivity contribution in [1.82, 2.24) is 0 Å². The van der Waals surface area contributed by atoms with Crippen LogP contribution in [0.1, 0.15) is 49.3 Å². The summed E-state index contributed by atoms with van der Waals surface area (Å²) in [5.74, 6) is 3.72. The number of benzene rings is 1. The lowest BCUT2D eigenvalue weighted by Gasteiger charge is -2.60. The van der Waals surface area contributed by atoms with Crippen molar-refractivity contribution in [1.29, 1.82) is 0 Å². The van der Waals surface area contributed by atoms with Crippen molar-refractivity contribution in [3.63, 3.8) is 0 Å². The summed E-state index contributed by atoms with van der Waals surface area (Å²) in [4.78, 5) is 0. The molecule has 0 aromatic heterocycles. The van der Waals surface area contributed by atoms with E-state index in [0.29, 0.717) is 11.5 Å². The third-order valence-corrected chi connectivity index (χ3v) is 6.63. The van der Waals surface area contributed by atoms with Crippen molar-refractivity contribution >= 4 is 12.4 Å². The van der Waals surface area contributed by atoms with E-state index in [4.69, 9.17) is 5.73 Å². The van der Waals surface area contributed by atoms with Gasteiger partial charge in [-0.2, -0.15) is 0 Å². The third-order valence-electron chi connectivity index (χ3n) is 6.63. The molecule has 0 heterocycles. The van der Waals surface area contributed by atoms with Gasteiger partial charge in [0.05, 0.1) is 0 Å². The maximum Gasteiger partial charge on any atom is 0.0337 e. The number of hydrogen-bond acceptors (Lipinski definition) is 1. The van der Waals surface area contributed by atoms with Gasteiger partial charge < -0.3 is 5.73 Å². The first-order valence-corrected chi connectivity index (χ1v) is 7.63. The van der Waals surface area contributed by atoms with Crippen LogP contribution in [0.4, 0.5) is 0 Å². The minimum atomic E-state index is 0. The average Bonchev–Trinajstić information content (AvgIpc) is 2.60. The Balaban J connectivity index is 0.000000968. The molecule has 4 bridgehead atoms. The molecule has 1 aromatic carbocycles. The molecule has 0 saturated heterocycles. The Bertz CT molecular complexity index is 512. The van der Waals surface area contributed by atoms with Crippen LogP contribution in [0.15, 0.2) is 24.3 Å². The predicted molar refractivity (Wildman–Crippen MR) is 79.3 cm³/mol. The van der Waals surface area contributed by atoms with Gasteiger partial charge in [0.1, 0.15) is 0 Å². The van der Waals surface area contributed by atoms with Crippen LogP contribution >= 0.6 is 12.4 Å². The summed E-state index contributed by atoms with van der Waals surface area (Å²) in [5.41, 5.74) is 10.3. The first-order chi connectivity index (χ1) is 8.78. The van der Waals surface area contributed by atoms with Gasteiger partial charge in [-0.05, 0) is 66.9 Å².